The average molecular weight is 307 g/mol. The SMILES string of the molecule is CNc1cccnc1S(=O)(=O)N(C)CCS(C)(=O)=O. The summed E-state index contributed by atoms with van der Waals surface area (Å²) in [4.78, 5) is 3.85. The van der Waals surface area contributed by atoms with E-state index in [4.69, 9.17) is 0 Å². The van der Waals surface area contributed by atoms with Gasteiger partial charge in [0.1, 0.15) is 9.84 Å². The molecule has 0 aromatic carbocycles. The van der Waals surface area contributed by atoms with Crippen LogP contribution in [0.5, 0.6) is 0 Å². The number of aromatic nitrogens is 1. The predicted octanol–water partition coefficient (Wildman–Crippen LogP) is -0.212. The zero-order chi connectivity index (χ0) is 14.7. The van der Waals surface area contributed by atoms with Crippen molar-refractivity contribution in [1.29, 1.82) is 0 Å². The van der Waals surface area contributed by atoms with Crippen LogP contribution in [0.1, 0.15) is 0 Å². The molecular formula is C10H17N3O4S2. The van der Waals surface area contributed by atoms with Gasteiger partial charge in [0.25, 0.3) is 10.0 Å². The van der Waals surface area contributed by atoms with E-state index >= 15 is 0 Å². The fourth-order valence-electron chi connectivity index (χ4n) is 1.35. The lowest BCUT2D eigenvalue weighted by Crippen LogP contribution is -2.32. The zero-order valence-corrected chi connectivity index (χ0v) is 12.6. The molecule has 19 heavy (non-hydrogen) atoms. The van der Waals surface area contributed by atoms with Gasteiger partial charge in [-0.15, -0.1) is 0 Å². The summed E-state index contributed by atoms with van der Waals surface area (Å²) in [6.07, 6.45) is 2.44. The van der Waals surface area contributed by atoms with Crippen LogP contribution in [-0.4, -0.2) is 58.8 Å². The summed E-state index contributed by atoms with van der Waals surface area (Å²) in [6.45, 7) is -0.110. The zero-order valence-electron chi connectivity index (χ0n) is 11.0. The lowest BCUT2D eigenvalue weighted by Gasteiger charge is -2.17. The molecule has 0 amide bonds. The second-order valence-corrected chi connectivity index (χ2v) is 8.28. The first-order chi connectivity index (χ1) is 8.68. The van der Waals surface area contributed by atoms with Crippen molar-refractivity contribution in [2.75, 3.05) is 38.0 Å². The maximum Gasteiger partial charge on any atom is 0.262 e. The van der Waals surface area contributed by atoms with Gasteiger partial charge in [-0.3, -0.25) is 0 Å². The van der Waals surface area contributed by atoms with Crippen molar-refractivity contribution in [2.24, 2.45) is 0 Å². The van der Waals surface area contributed by atoms with Crippen LogP contribution in [-0.2, 0) is 19.9 Å². The van der Waals surface area contributed by atoms with Crippen molar-refractivity contribution in [1.82, 2.24) is 9.29 Å². The highest BCUT2D eigenvalue weighted by Gasteiger charge is 2.25. The first kappa shape index (κ1) is 15.9. The van der Waals surface area contributed by atoms with Crippen molar-refractivity contribution in [2.45, 2.75) is 5.03 Å². The Hall–Kier alpha value is -1.19. The van der Waals surface area contributed by atoms with Gasteiger partial charge in [-0.2, -0.15) is 4.31 Å². The van der Waals surface area contributed by atoms with E-state index in [-0.39, 0.29) is 17.3 Å². The molecule has 1 rings (SSSR count). The van der Waals surface area contributed by atoms with Gasteiger partial charge in [0.05, 0.1) is 11.4 Å². The van der Waals surface area contributed by atoms with Crippen LogP contribution < -0.4 is 5.32 Å². The Morgan fingerprint density at radius 3 is 2.47 bits per heavy atom. The molecule has 0 radical (unpaired) electrons. The van der Waals surface area contributed by atoms with E-state index in [0.29, 0.717) is 5.69 Å². The van der Waals surface area contributed by atoms with Crippen LogP contribution in [0.4, 0.5) is 5.69 Å². The summed E-state index contributed by atoms with van der Waals surface area (Å²) < 4.78 is 47.6. The van der Waals surface area contributed by atoms with Crippen LogP contribution in [0.2, 0.25) is 0 Å². The summed E-state index contributed by atoms with van der Waals surface area (Å²) in [5.74, 6) is -0.232. The van der Waals surface area contributed by atoms with Crippen molar-refractivity contribution in [3.8, 4) is 0 Å². The van der Waals surface area contributed by atoms with Gasteiger partial charge >= 0.3 is 0 Å². The van der Waals surface area contributed by atoms with Gasteiger partial charge in [-0.05, 0) is 12.1 Å². The molecule has 0 fully saturated rings. The van der Waals surface area contributed by atoms with Gasteiger partial charge in [0.15, 0.2) is 5.03 Å². The van der Waals surface area contributed by atoms with E-state index < -0.39 is 19.9 Å². The van der Waals surface area contributed by atoms with Crippen molar-refractivity contribution in [3.63, 3.8) is 0 Å². The first-order valence-electron chi connectivity index (χ1n) is 5.45. The minimum atomic E-state index is -3.81. The molecule has 0 unspecified atom stereocenters. The molecule has 1 aromatic heterocycles. The van der Waals surface area contributed by atoms with Gasteiger partial charge in [-0.25, -0.2) is 21.8 Å². The number of sulfone groups is 1. The Bertz CT molecular complexity index is 640. The molecule has 0 spiro atoms. The van der Waals surface area contributed by atoms with Crippen molar-refractivity contribution >= 4 is 25.5 Å². The number of hydrogen-bond acceptors (Lipinski definition) is 6. The fourth-order valence-corrected chi connectivity index (χ4v) is 3.34. The highest BCUT2D eigenvalue weighted by molar-refractivity contribution is 7.91. The van der Waals surface area contributed by atoms with Crippen LogP contribution in [0.15, 0.2) is 23.4 Å². The summed E-state index contributed by atoms with van der Waals surface area (Å²) in [5.41, 5.74) is 0.369. The molecule has 0 aliphatic carbocycles. The molecule has 108 valence electrons. The molecule has 1 N–H and O–H groups in total. The molecule has 0 aliphatic heterocycles. The minimum absolute atomic E-state index is 0.110. The normalized spacial score (nSPS) is 12.6. The second kappa shape index (κ2) is 5.85. The topological polar surface area (TPSA) is 96.4 Å². The van der Waals surface area contributed by atoms with Gasteiger partial charge in [-0.1, -0.05) is 0 Å². The van der Waals surface area contributed by atoms with E-state index in [9.17, 15) is 16.8 Å². The number of nitrogens with one attached hydrogen (secondary N) is 1. The van der Waals surface area contributed by atoms with Crippen LogP contribution in [0, 0.1) is 0 Å². The van der Waals surface area contributed by atoms with E-state index in [1.807, 2.05) is 0 Å². The van der Waals surface area contributed by atoms with Crippen LogP contribution in [0.25, 0.3) is 0 Å². The number of nitrogens with zero attached hydrogens (tertiary/aromatic N) is 2. The maximum atomic E-state index is 12.3. The van der Waals surface area contributed by atoms with E-state index in [1.165, 1.54) is 13.2 Å². The Kier molecular flexibility index (Phi) is 4.88. The molecule has 7 nitrogen and oxygen atoms in total. The van der Waals surface area contributed by atoms with E-state index in [1.54, 1.807) is 19.2 Å². The number of anilines is 1. The minimum Gasteiger partial charge on any atom is -0.386 e. The smallest absolute Gasteiger partial charge is 0.262 e. The molecule has 0 atom stereocenters. The molecule has 1 aromatic rings. The maximum absolute atomic E-state index is 12.3. The highest BCUT2D eigenvalue weighted by Crippen LogP contribution is 2.20. The lowest BCUT2D eigenvalue weighted by molar-refractivity contribution is 0.482. The molecule has 0 aliphatic rings. The van der Waals surface area contributed by atoms with E-state index in [2.05, 4.69) is 10.3 Å². The third kappa shape index (κ3) is 4.15. The molecule has 0 saturated carbocycles. The summed E-state index contributed by atoms with van der Waals surface area (Å²) in [7, 11) is -4.11. The summed E-state index contributed by atoms with van der Waals surface area (Å²) in [5, 5.41) is 2.63. The Morgan fingerprint density at radius 1 is 1.32 bits per heavy atom. The van der Waals surface area contributed by atoms with Gasteiger partial charge in [0, 0.05) is 33.1 Å². The third-order valence-corrected chi connectivity index (χ3v) is 5.21. The quantitative estimate of drug-likeness (QED) is 0.781. The molecule has 0 saturated heterocycles. The molecular weight excluding hydrogens is 290 g/mol. The second-order valence-electron chi connectivity index (χ2n) is 4.06. The predicted molar refractivity (Wildman–Crippen MR) is 73.3 cm³/mol. The number of pyridine rings is 1. The standard InChI is InChI=1S/C10H17N3O4S2/c1-11-9-5-4-6-12-10(9)19(16,17)13(2)7-8-18(3,14)15/h4-6,11H,7-8H2,1-3H3. The number of rotatable bonds is 6. The van der Waals surface area contributed by atoms with Crippen molar-refractivity contribution in [3.05, 3.63) is 18.3 Å². The largest absolute Gasteiger partial charge is 0.386 e. The lowest BCUT2D eigenvalue weighted by atomic mass is 10.4. The first-order valence-corrected chi connectivity index (χ1v) is 8.95. The van der Waals surface area contributed by atoms with Crippen molar-refractivity contribution < 1.29 is 16.8 Å². The van der Waals surface area contributed by atoms with Crippen LogP contribution in [0.3, 0.4) is 0 Å². The molecule has 9 heteroatoms. The molecule has 0 bridgehead atoms. The Morgan fingerprint density at radius 2 is 1.95 bits per heavy atom. The Labute approximate surface area is 113 Å². The fraction of sp³-hybridized carbons (Fsp3) is 0.500. The molecule has 1 heterocycles. The third-order valence-electron chi connectivity index (χ3n) is 2.47. The Balaban J connectivity index is 3.03. The summed E-state index contributed by atoms with van der Waals surface area (Å²) >= 11 is 0. The monoisotopic (exact) mass is 307 g/mol. The number of hydrogen-bond donors (Lipinski definition) is 1. The van der Waals surface area contributed by atoms with Gasteiger partial charge in [0.2, 0.25) is 0 Å². The highest BCUT2D eigenvalue weighted by atomic mass is 32.2. The number of sulfonamides is 1. The van der Waals surface area contributed by atoms with Crippen LogP contribution >= 0.6 is 0 Å². The van der Waals surface area contributed by atoms with Gasteiger partial charge < -0.3 is 5.32 Å². The van der Waals surface area contributed by atoms with E-state index in [0.717, 1.165) is 10.6 Å². The summed E-state index contributed by atoms with van der Waals surface area (Å²) in [6, 6.07) is 3.20. The average Bonchev–Trinajstić information content (AvgIpc) is 2.34.